The molecule has 1 aliphatic carbocycles. The van der Waals surface area contributed by atoms with Gasteiger partial charge in [0.25, 0.3) is 6.47 Å². The molecule has 0 spiro atoms. The molecule has 17 heavy (non-hydrogen) atoms. The molecule has 0 saturated heterocycles. The summed E-state index contributed by atoms with van der Waals surface area (Å²) in [5, 5.41) is 0. The molecular formula is C15H20O2. The first-order valence-corrected chi connectivity index (χ1v) is 6.12. The number of aryl methyl sites for hydroxylation is 1. The fraction of sp³-hybridized carbons (Fsp3) is 0.400. The first kappa shape index (κ1) is 13.5. The SMILES string of the molecule is C/C=C1\CCCc2ccccc21.CCOC=O. The lowest BCUT2D eigenvalue weighted by atomic mass is 9.87. The zero-order valence-corrected chi connectivity index (χ0v) is 10.6. The lowest BCUT2D eigenvalue weighted by Gasteiger charge is -2.18. The molecule has 92 valence electrons. The number of ether oxygens (including phenoxy) is 1. The molecule has 0 aromatic heterocycles. The van der Waals surface area contributed by atoms with Crippen molar-refractivity contribution in [2.45, 2.75) is 33.1 Å². The molecule has 0 N–H and O–H groups in total. The third-order valence-corrected chi connectivity index (χ3v) is 2.84. The molecule has 0 bridgehead atoms. The first-order valence-electron chi connectivity index (χ1n) is 6.12. The average Bonchev–Trinajstić information content (AvgIpc) is 2.40. The van der Waals surface area contributed by atoms with E-state index >= 15 is 0 Å². The predicted molar refractivity (Wildman–Crippen MR) is 70.7 cm³/mol. The van der Waals surface area contributed by atoms with Crippen molar-refractivity contribution in [1.82, 2.24) is 0 Å². The number of carbonyl (C=O) groups is 1. The van der Waals surface area contributed by atoms with E-state index in [1.54, 1.807) is 6.92 Å². The number of hydrogen-bond donors (Lipinski definition) is 0. The van der Waals surface area contributed by atoms with Crippen molar-refractivity contribution >= 4 is 12.0 Å². The number of rotatable bonds is 2. The van der Waals surface area contributed by atoms with Gasteiger partial charge >= 0.3 is 0 Å². The van der Waals surface area contributed by atoms with Gasteiger partial charge in [-0.15, -0.1) is 0 Å². The third-order valence-electron chi connectivity index (χ3n) is 2.84. The molecular weight excluding hydrogens is 212 g/mol. The van der Waals surface area contributed by atoms with Gasteiger partial charge in [-0.3, -0.25) is 4.79 Å². The Labute approximate surface area is 103 Å². The maximum atomic E-state index is 9.18. The van der Waals surface area contributed by atoms with Crippen LogP contribution in [0.15, 0.2) is 30.3 Å². The summed E-state index contributed by atoms with van der Waals surface area (Å²) in [6.07, 6.45) is 6.08. The third kappa shape index (κ3) is 4.06. The van der Waals surface area contributed by atoms with Crippen LogP contribution in [0.2, 0.25) is 0 Å². The number of fused-ring (bicyclic) bond motifs is 1. The number of benzene rings is 1. The topological polar surface area (TPSA) is 26.3 Å². The lowest BCUT2D eigenvalue weighted by Crippen LogP contribution is -2.00. The minimum Gasteiger partial charge on any atom is -0.468 e. The Hall–Kier alpha value is -1.57. The van der Waals surface area contributed by atoms with Crippen molar-refractivity contribution < 1.29 is 9.53 Å². The Morgan fingerprint density at radius 3 is 2.65 bits per heavy atom. The van der Waals surface area contributed by atoms with E-state index in [0.29, 0.717) is 13.1 Å². The van der Waals surface area contributed by atoms with Crippen LogP contribution in [0.3, 0.4) is 0 Å². The molecule has 0 atom stereocenters. The highest BCUT2D eigenvalue weighted by Gasteiger charge is 2.11. The molecule has 0 amide bonds. The predicted octanol–water partition coefficient (Wildman–Crippen LogP) is 3.61. The van der Waals surface area contributed by atoms with Crippen LogP contribution in [0.5, 0.6) is 0 Å². The van der Waals surface area contributed by atoms with Crippen LogP contribution in [0.4, 0.5) is 0 Å². The molecule has 0 aliphatic heterocycles. The van der Waals surface area contributed by atoms with Crippen LogP contribution in [0.1, 0.15) is 37.8 Å². The van der Waals surface area contributed by atoms with Crippen LogP contribution in [-0.4, -0.2) is 13.1 Å². The smallest absolute Gasteiger partial charge is 0.293 e. The molecule has 0 saturated carbocycles. The van der Waals surface area contributed by atoms with E-state index in [1.807, 2.05) is 0 Å². The van der Waals surface area contributed by atoms with Gasteiger partial charge < -0.3 is 4.74 Å². The minimum absolute atomic E-state index is 0.431. The molecule has 0 heterocycles. The second-order valence-corrected chi connectivity index (χ2v) is 3.88. The molecule has 1 aromatic rings. The summed E-state index contributed by atoms with van der Waals surface area (Å²) in [5.74, 6) is 0. The van der Waals surface area contributed by atoms with Crippen LogP contribution >= 0.6 is 0 Å². The fourth-order valence-electron chi connectivity index (χ4n) is 2.02. The molecule has 1 aromatic carbocycles. The summed E-state index contributed by atoms with van der Waals surface area (Å²) in [5.41, 5.74) is 4.53. The molecule has 2 heteroatoms. The number of carbonyl (C=O) groups excluding carboxylic acids is 1. The largest absolute Gasteiger partial charge is 0.468 e. The Morgan fingerprint density at radius 2 is 2.06 bits per heavy atom. The van der Waals surface area contributed by atoms with E-state index in [2.05, 4.69) is 42.0 Å². The average molecular weight is 232 g/mol. The fourth-order valence-corrected chi connectivity index (χ4v) is 2.02. The van der Waals surface area contributed by atoms with Gasteiger partial charge in [-0.25, -0.2) is 0 Å². The highest BCUT2D eigenvalue weighted by molar-refractivity contribution is 5.69. The second-order valence-electron chi connectivity index (χ2n) is 3.88. The van der Waals surface area contributed by atoms with Crippen LogP contribution < -0.4 is 0 Å². The maximum absolute atomic E-state index is 9.18. The monoisotopic (exact) mass is 232 g/mol. The summed E-state index contributed by atoms with van der Waals surface area (Å²) >= 11 is 0. The van der Waals surface area contributed by atoms with Crippen LogP contribution in [-0.2, 0) is 16.0 Å². The van der Waals surface area contributed by atoms with Gasteiger partial charge in [-0.2, -0.15) is 0 Å². The normalized spacial score (nSPS) is 15.5. The molecule has 0 radical (unpaired) electrons. The van der Waals surface area contributed by atoms with Crippen molar-refractivity contribution in [1.29, 1.82) is 0 Å². The molecule has 2 rings (SSSR count). The molecule has 0 fully saturated rings. The summed E-state index contributed by atoms with van der Waals surface area (Å²) in [7, 11) is 0. The standard InChI is InChI=1S/C12H14.C3H6O2/c1-2-10-7-5-8-11-6-3-4-9-12(10)11;1-2-5-3-4/h2-4,6,9H,5,7-8H2,1H3;3H,2H2,1H3/b10-2+;. The number of allylic oxidation sites excluding steroid dienone is 2. The number of hydrogen-bond acceptors (Lipinski definition) is 2. The van der Waals surface area contributed by atoms with Gasteiger partial charge in [0.1, 0.15) is 0 Å². The quantitative estimate of drug-likeness (QED) is 0.728. The Kier molecular flexibility index (Phi) is 6.08. The molecule has 2 nitrogen and oxygen atoms in total. The van der Waals surface area contributed by atoms with Gasteiger partial charge in [0, 0.05) is 0 Å². The maximum Gasteiger partial charge on any atom is 0.293 e. The Bertz CT molecular complexity index is 380. The zero-order valence-electron chi connectivity index (χ0n) is 10.6. The van der Waals surface area contributed by atoms with Crippen molar-refractivity contribution in [2.75, 3.05) is 6.61 Å². The molecule has 0 unspecified atom stereocenters. The minimum atomic E-state index is 0.431. The van der Waals surface area contributed by atoms with E-state index in [4.69, 9.17) is 0 Å². The van der Waals surface area contributed by atoms with Gasteiger partial charge in [0.05, 0.1) is 6.61 Å². The van der Waals surface area contributed by atoms with Gasteiger partial charge in [0.15, 0.2) is 0 Å². The highest BCUT2D eigenvalue weighted by atomic mass is 16.5. The van der Waals surface area contributed by atoms with Gasteiger partial charge in [0.2, 0.25) is 0 Å². The first-order chi connectivity index (χ1) is 8.33. The van der Waals surface area contributed by atoms with Gasteiger partial charge in [-0.1, -0.05) is 30.3 Å². The van der Waals surface area contributed by atoms with Gasteiger partial charge in [-0.05, 0) is 49.8 Å². The summed E-state index contributed by atoms with van der Waals surface area (Å²) in [6.45, 7) is 4.80. The van der Waals surface area contributed by atoms with Crippen molar-refractivity contribution in [3.8, 4) is 0 Å². The summed E-state index contributed by atoms with van der Waals surface area (Å²) < 4.78 is 4.15. The van der Waals surface area contributed by atoms with E-state index in [9.17, 15) is 4.79 Å². The summed E-state index contributed by atoms with van der Waals surface area (Å²) in [4.78, 5) is 9.18. The summed E-state index contributed by atoms with van der Waals surface area (Å²) in [6, 6.07) is 8.76. The lowest BCUT2D eigenvalue weighted by molar-refractivity contribution is -0.128. The van der Waals surface area contributed by atoms with E-state index in [-0.39, 0.29) is 0 Å². The Balaban J connectivity index is 0.000000249. The Morgan fingerprint density at radius 1 is 1.29 bits per heavy atom. The van der Waals surface area contributed by atoms with Crippen molar-refractivity contribution in [3.05, 3.63) is 41.5 Å². The van der Waals surface area contributed by atoms with Crippen molar-refractivity contribution in [2.24, 2.45) is 0 Å². The van der Waals surface area contributed by atoms with E-state index in [1.165, 1.54) is 36.0 Å². The zero-order chi connectivity index (χ0) is 12.5. The van der Waals surface area contributed by atoms with E-state index < -0.39 is 0 Å². The van der Waals surface area contributed by atoms with E-state index in [0.717, 1.165) is 0 Å². The van der Waals surface area contributed by atoms with Crippen LogP contribution in [0, 0.1) is 0 Å². The van der Waals surface area contributed by atoms with Crippen molar-refractivity contribution in [3.63, 3.8) is 0 Å². The second kappa shape index (κ2) is 7.66. The molecule has 1 aliphatic rings. The van der Waals surface area contributed by atoms with Crippen LogP contribution in [0.25, 0.3) is 5.57 Å². The highest BCUT2D eigenvalue weighted by Crippen LogP contribution is 2.29.